The van der Waals surface area contributed by atoms with E-state index in [0.717, 1.165) is 5.82 Å². The van der Waals surface area contributed by atoms with E-state index in [1.165, 1.54) is 0 Å². The first-order chi connectivity index (χ1) is 13.6. The van der Waals surface area contributed by atoms with Crippen LogP contribution < -0.4 is 4.57 Å². The topological polar surface area (TPSA) is 55.3 Å². The molecule has 1 heterocycles. The second-order valence-corrected chi connectivity index (χ2v) is 8.10. The number of aliphatic hydroxyl groups is 1. The van der Waals surface area contributed by atoms with Gasteiger partial charge in [-0.25, -0.2) is 22.7 Å². The fourth-order valence-corrected chi connectivity index (χ4v) is 4.16. The monoisotopic (exact) mass is 407 g/mol. The summed E-state index contributed by atoms with van der Waals surface area (Å²) in [4.78, 5) is 12.9. The summed E-state index contributed by atoms with van der Waals surface area (Å²) >= 11 is 0. The molecule has 7 heteroatoms. The summed E-state index contributed by atoms with van der Waals surface area (Å²) in [5, 5.41) is 11.3. The van der Waals surface area contributed by atoms with Crippen molar-refractivity contribution in [2.45, 2.75) is 64.1 Å². The number of esters is 1. The van der Waals surface area contributed by atoms with Gasteiger partial charge in [0.05, 0.1) is 6.04 Å². The van der Waals surface area contributed by atoms with Crippen LogP contribution in [0.3, 0.4) is 0 Å². The highest BCUT2D eigenvalue weighted by Gasteiger charge is 2.54. The second kappa shape index (κ2) is 8.22. The number of carbonyl (C=O) groups excluding carboxylic acids is 1. The van der Waals surface area contributed by atoms with Crippen molar-refractivity contribution in [3.63, 3.8) is 0 Å². The molecule has 0 aliphatic heterocycles. The van der Waals surface area contributed by atoms with Gasteiger partial charge in [0.1, 0.15) is 25.5 Å². The highest BCUT2D eigenvalue weighted by molar-refractivity contribution is 5.81. The molecule has 3 rings (SSSR count). The van der Waals surface area contributed by atoms with Crippen molar-refractivity contribution in [3.05, 3.63) is 54.1 Å². The van der Waals surface area contributed by atoms with E-state index in [2.05, 4.69) is 18.4 Å². The normalized spacial score (nSPS) is 20.6. The molecule has 0 bridgehead atoms. The Morgan fingerprint density at radius 2 is 2.07 bits per heavy atom. The Bertz CT molecular complexity index is 851. The van der Waals surface area contributed by atoms with Crippen LogP contribution in [0.1, 0.15) is 50.5 Å². The van der Waals surface area contributed by atoms with Crippen LogP contribution >= 0.6 is 0 Å². The van der Waals surface area contributed by atoms with Crippen LogP contribution in [0.2, 0.25) is 0 Å². The van der Waals surface area contributed by atoms with Crippen molar-refractivity contribution < 1.29 is 28.0 Å². The van der Waals surface area contributed by atoms with Crippen molar-refractivity contribution in [1.29, 1.82) is 0 Å². The molecule has 1 aromatic carbocycles. The molecule has 0 saturated heterocycles. The van der Waals surface area contributed by atoms with E-state index in [4.69, 9.17) is 4.74 Å². The standard InChI is InChI=1S/C22H29F2N2O3/c1-16(2)26-12-11-25(17(26)3)13-14-29-20(27)22(28,18-7-5-4-6-8-18)19-9-10-21(23,24)15-19/h4-8,11-12,16,19,28H,9-10,13-15H2,1-3H3/q+1/t19-,22-/m0/s1. The number of halogens is 2. The van der Waals surface area contributed by atoms with E-state index < -0.39 is 29.8 Å². The first-order valence-corrected chi connectivity index (χ1v) is 10.0. The number of benzene rings is 1. The Morgan fingerprint density at radius 1 is 1.38 bits per heavy atom. The number of hydrogen-bond donors (Lipinski definition) is 1. The zero-order valence-electron chi connectivity index (χ0n) is 17.1. The molecular formula is C22H29F2N2O3+. The molecular weight excluding hydrogens is 378 g/mol. The maximum absolute atomic E-state index is 13.8. The molecule has 5 nitrogen and oxygen atoms in total. The molecule has 29 heavy (non-hydrogen) atoms. The molecule has 1 aromatic heterocycles. The first-order valence-electron chi connectivity index (χ1n) is 10.0. The molecule has 0 unspecified atom stereocenters. The maximum Gasteiger partial charge on any atom is 0.343 e. The third-order valence-electron chi connectivity index (χ3n) is 5.84. The summed E-state index contributed by atoms with van der Waals surface area (Å²) in [5.74, 6) is -3.61. The van der Waals surface area contributed by atoms with Gasteiger partial charge in [-0.2, -0.15) is 0 Å². The van der Waals surface area contributed by atoms with Gasteiger partial charge in [-0.15, -0.1) is 0 Å². The van der Waals surface area contributed by atoms with Crippen LogP contribution in [0.5, 0.6) is 0 Å². The highest BCUT2D eigenvalue weighted by atomic mass is 19.3. The molecule has 0 spiro atoms. The predicted octanol–water partition coefficient (Wildman–Crippen LogP) is 3.53. The minimum Gasteiger partial charge on any atom is -0.459 e. The smallest absolute Gasteiger partial charge is 0.343 e. The summed E-state index contributed by atoms with van der Waals surface area (Å²) in [6.45, 7) is 6.60. The third kappa shape index (κ3) is 4.34. The average Bonchev–Trinajstić information content (AvgIpc) is 3.24. The summed E-state index contributed by atoms with van der Waals surface area (Å²) in [6.07, 6.45) is 3.07. The summed E-state index contributed by atoms with van der Waals surface area (Å²) in [6, 6.07) is 8.57. The molecule has 1 aliphatic carbocycles. The molecule has 0 amide bonds. The number of ether oxygens (including phenoxy) is 1. The van der Waals surface area contributed by atoms with Crippen LogP contribution in [-0.4, -0.2) is 28.2 Å². The van der Waals surface area contributed by atoms with Crippen molar-refractivity contribution in [1.82, 2.24) is 4.57 Å². The van der Waals surface area contributed by atoms with Crippen LogP contribution in [-0.2, 0) is 21.7 Å². The van der Waals surface area contributed by atoms with Crippen LogP contribution in [0.25, 0.3) is 0 Å². The number of rotatable bonds is 7. The molecule has 0 radical (unpaired) electrons. The van der Waals surface area contributed by atoms with Gasteiger partial charge < -0.3 is 9.84 Å². The van der Waals surface area contributed by atoms with Gasteiger partial charge in [-0.1, -0.05) is 30.3 Å². The number of imidazole rings is 1. The van der Waals surface area contributed by atoms with Crippen molar-refractivity contribution in [2.24, 2.45) is 5.92 Å². The minimum atomic E-state index is -2.87. The van der Waals surface area contributed by atoms with Gasteiger partial charge in [0.15, 0.2) is 5.60 Å². The molecule has 2 atom stereocenters. The van der Waals surface area contributed by atoms with E-state index in [-0.39, 0.29) is 19.4 Å². The van der Waals surface area contributed by atoms with Crippen molar-refractivity contribution in [3.8, 4) is 0 Å². The van der Waals surface area contributed by atoms with Gasteiger partial charge in [-0.05, 0) is 25.8 Å². The van der Waals surface area contributed by atoms with Crippen LogP contribution in [0.15, 0.2) is 42.7 Å². The van der Waals surface area contributed by atoms with E-state index in [9.17, 15) is 18.7 Å². The number of nitrogens with zero attached hydrogens (tertiary/aromatic N) is 2. The SMILES string of the molecule is Cc1n(C(C)C)cc[n+]1CCOC(=O)[C@](O)(c1ccccc1)[C@H]1CCC(F)(F)C1. The average molecular weight is 407 g/mol. The Morgan fingerprint density at radius 3 is 2.62 bits per heavy atom. The number of aromatic nitrogens is 2. The minimum absolute atomic E-state index is 0.0463. The summed E-state index contributed by atoms with van der Waals surface area (Å²) < 4.78 is 37.1. The molecule has 1 N–H and O–H groups in total. The van der Waals surface area contributed by atoms with Crippen LogP contribution in [0.4, 0.5) is 8.78 Å². The fourth-order valence-electron chi connectivity index (χ4n) is 4.16. The van der Waals surface area contributed by atoms with Crippen molar-refractivity contribution >= 4 is 5.97 Å². The zero-order valence-corrected chi connectivity index (χ0v) is 17.1. The van der Waals surface area contributed by atoms with E-state index >= 15 is 0 Å². The van der Waals surface area contributed by atoms with Gasteiger partial charge in [0.2, 0.25) is 5.92 Å². The van der Waals surface area contributed by atoms with Crippen molar-refractivity contribution in [2.75, 3.05) is 6.61 Å². The van der Waals surface area contributed by atoms with E-state index in [0.29, 0.717) is 18.2 Å². The largest absolute Gasteiger partial charge is 0.459 e. The van der Waals surface area contributed by atoms with Gasteiger partial charge in [0, 0.05) is 25.7 Å². The molecule has 1 fully saturated rings. The Hall–Kier alpha value is -2.28. The highest BCUT2D eigenvalue weighted by Crippen LogP contribution is 2.47. The summed E-state index contributed by atoms with van der Waals surface area (Å²) in [7, 11) is 0. The molecule has 1 aliphatic rings. The zero-order chi connectivity index (χ0) is 21.2. The predicted molar refractivity (Wildman–Crippen MR) is 103 cm³/mol. The van der Waals surface area contributed by atoms with E-state index in [1.54, 1.807) is 30.3 Å². The summed E-state index contributed by atoms with van der Waals surface area (Å²) in [5.41, 5.74) is -1.78. The Labute approximate surface area is 169 Å². The Kier molecular flexibility index (Phi) is 6.08. The lowest BCUT2D eigenvalue weighted by molar-refractivity contribution is -0.703. The lowest BCUT2D eigenvalue weighted by Gasteiger charge is -2.32. The maximum atomic E-state index is 13.8. The number of hydrogen-bond acceptors (Lipinski definition) is 3. The lowest BCUT2D eigenvalue weighted by atomic mass is 9.80. The fraction of sp³-hybridized carbons (Fsp3) is 0.545. The number of carbonyl (C=O) groups is 1. The number of alkyl halides is 2. The molecule has 1 saturated carbocycles. The lowest BCUT2D eigenvalue weighted by Crippen LogP contribution is -2.45. The quantitative estimate of drug-likeness (QED) is 0.564. The van der Waals surface area contributed by atoms with E-state index in [1.807, 2.05) is 23.9 Å². The van der Waals surface area contributed by atoms with Crippen LogP contribution in [0, 0.1) is 12.8 Å². The third-order valence-corrected chi connectivity index (χ3v) is 5.84. The van der Waals surface area contributed by atoms with Gasteiger partial charge in [-0.3, -0.25) is 0 Å². The Balaban J connectivity index is 1.74. The molecule has 158 valence electrons. The van der Waals surface area contributed by atoms with Gasteiger partial charge >= 0.3 is 5.97 Å². The van der Waals surface area contributed by atoms with Gasteiger partial charge in [0.25, 0.3) is 5.82 Å². The second-order valence-electron chi connectivity index (χ2n) is 8.10. The first kappa shape index (κ1) is 21.4. The molecule has 2 aromatic rings.